The summed E-state index contributed by atoms with van der Waals surface area (Å²) in [6, 6.07) is 8.31. The minimum absolute atomic E-state index is 0.0329. The second-order valence-electron chi connectivity index (χ2n) is 5.11. The Kier molecular flexibility index (Phi) is 4.49. The van der Waals surface area contributed by atoms with E-state index in [-0.39, 0.29) is 10.1 Å². The van der Waals surface area contributed by atoms with E-state index in [2.05, 4.69) is 47.1 Å². The maximum Gasteiger partial charge on any atom is 0.154 e. The molecule has 1 aliphatic rings. The minimum atomic E-state index is -2.90. The van der Waals surface area contributed by atoms with Crippen molar-refractivity contribution < 1.29 is 8.42 Å². The summed E-state index contributed by atoms with van der Waals surface area (Å²) in [5, 5.41) is -0.215. The highest BCUT2D eigenvalue weighted by Crippen LogP contribution is 2.28. The summed E-state index contributed by atoms with van der Waals surface area (Å²) in [7, 11) is -2.90. The van der Waals surface area contributed by atoms with Crippen LogP contribution < -0.4 is 0 Å². The molecule has 100 valence electrons. The summed E-state index contributed by atoms with van der Waals surface area (Å²) < 4.78 is 24.1. The van der Waals surface area contributed by atoms with Crippen LogP contribution in [0.1, 0.15) is 30.4 Å². The van der Waals surface area contributed by atoms with Crippen LogP contribution in [0.15, 0.2) is 24.3 Å². The Morgan fingerprint density at radius 1 is 1.28 bits per heavy atom. The monoisotopic (exact) mass is 330 g/mol. The molecule has 1 aromatic carbocycles. The van der Waals surface area contributed by atoms with E-state index in [1.54, 1.807) is 0 Å². The number of rotatable bonds is 3. The van der Waals surface area contributed by atoms with Gasteiger partial charge in [0.25, 0.3) is 0 Å². The van der Waals surface area contributed by atoms with Crippen molar-refractivity contribution in [1.82, 2.24) is 0 Å². The average molecular weight is 331 g/mol. The van der Waals surface area contributed by atoms with Crippen LogP contribution in [0.25, 0.3) is 0 Å². The van der Waals surface area contributed by atoms with Gasteiger partial charge in [-0.15, -0.1) is 0 Å². The zero-order chi connectivity index (χ0) is 13.2. The SMILES string of the molecule is Cc1ccc(CC(Br)C2CCCCS2(=O)=O)cc1. The van der Waals surface area contributed by atoms with Gasteiger partial charge in [0, 0.05) is 4.83 Å². The highest BCUT2D eigenvalue weighted by Gasteiger charge is 2.34. The van der Waals surface area contributed by atoms with E-state index >= 15 is 0 Å². The first-order valence-electron chi connectivity index (χ1n) is 6.40. The predicted octanol–water partition coefficient (Wildman–Crippen LogP) is 3.27. The quantitative estimate of drug-likeness (QED) is 0.797. The number of benzene rings is 1. The van der Waals surface area contributed by atoms with Gasteiger partial charge in [-0.1, -0.05) is 52.2 Å². The molecule has 1 fully saturated rings. The lowest BCUT2D eigenvalue weighted by atomic mass is 10.0. The van der Waals surface area contributed by atoms with Gasteiger partial charge in [-0.05, 0) is 31.7 Å². The van der Waals surface area contributed by atoms with E-state index in [4.69, 9.17) is 0 Å². The third-order valence-electron chi connectivity index (χ3n) is 3.58. The van der Waals surface area contributed by atoms with Crippen molar-refractivity contribution in [2.45, 2.75) is 42.7 Å². The number of hydrogen-bond acceptors (Lipinski definition) is 2. The van der Waals surface area contributed by atoms with E-state index in [1.165, 1.54) is 11.1 Å². The van der Waals surface area contributed by atoms with Crippen molar-refractivity contribution in [2.75, 3.05) is 5.75 Å². The van der Waals surface area contributed by atoms with Crippen molar-refractivity contribution >= 4 is 25.8 Å². The number of hydrogen-bond donors (Lipinski definition) is 0. The predicted molar refractivity (Wildman–Crippen MR) is 79.0 cm³/mol. The topological polar surface area (TPSA) is 34.1 Å². The van der Waals surface area contributed by atoms with Gasteiger partial charge in [0.2, 0.25) is 0 Å². The fraction of sp³-hybridized carbons (Fsp3) is 0.571. The lowest BCUT2D eigenvalue weighted by Crippen LogP contribution is -2.36. The number of aryl methyl sites for hydroxylation is 1. The molecule has 2 atom stereocenters. The lowest BCUT2D eigenvalue weighted by molar-refractivity contribution is 0.533. The van der Waals surface area contributed by atoms with Crippen molar-refractivity contribution in [3.8, 4) is 0 Å². The molecule has 1 aliphatic heterocycles. The average Bonchev–Trinajstić information content (AvgIpc) is 2.31. The molecule has 0 amide bonds. The zero-order valence-corrected chi connectivity index (χ0v) is 13.0. The highest BCUT2D eigenvalue weighted by atomic mass is 79.9. The Morgan fingerprint density at radius 3 is 2.56 bits per heavy atom. The molecule has 0 saturated carbocycles. The summed E-state index contributed by atoms with van der Waals surface area (Å²) in [4.78, 5) is 0.0329. The second kappa shape index (κ2) is 5.74. The third-order valence-corrected chi connectivity index (χ3v) is 7.24. The minimum Gasteiger partial charge on any atom is -0.229 e. The van der Waals surface area contributed by atoms with Gasteiger partial charge < -0.3 is 0 Å². The summed E-state index contributed by atoms with van der Waals surface area (Å²) in [5.74, 6) is 0.355. The van der Waals surface area contributed by atoms with Crippen molar-refractivity contribution in [1.29, 1.82) is 0 Å². The molecule has 1 saturated heterocycles. The van der Waals surface area contributed by atoms with Crippen LogP contribution in [0, 0.1) is 6.92 Å². The van der Waals surface area contributed by atoms with Gasteiger partial charge in [-0.2, -0.15) is 0 Å². The molecular formula is C14H19BrO2S. The van der Waals surface area contributed by atoms with Crippen LogP contribution in [0.5, 0.6) is 0 Å². The van der Waals surface area contributed by atoms with Gasteiger partial charge in [0.1, 0.15) is 0 Å². The van der Waals surface area contributed by atoms with Crippen LogP contribution in [-0.4, -0.2) is 24.2 Å². The zero-order valence-electron chi connectivity index (χ0n) is 10.6. The third kappa shape index (κ3) is 3.35. The molecule has 0 N–H and O–H groups in total. The Morgan fingerprint density at radius 2 is 1.94 bits per heavy atom. The molecule has 1 heterocycles. The van der Waals surface area contributed by atoms with Crippen LogP contribution in [0.3, 0.4) is 0 Å². The first-order chi connectivity index (χ1) is 8.49. The Bertz CT molecular complexity index is 493. The highest BCUT2D eigenvalue weighted by molar-refractivity contribution is 9.09. The number of sulfone groups is 1. The summed E-state index contributed by atoms with van der Waals surface area (Å²) in [6.07, 6.45) is 3.43. The summed E-state index contributed by atoms with van der Waals surface area (Å²) in [5.41, 5.74) is 2.43. The van der Waals surface area contributed by atoms with Crippen molar-refractivity contribution in [2.24, 2.45) is 0 Å². The molecule has 2 rings (SSSR count). The van der Waals surface area contributed by atoms with Crippen molar-refractivity contribution in [3.63, 3.8) is 0 Å². The Balaban J connectivity index is 2.07. The van der Waals surface area contributed by atoms with E-state index in [1.807, 2.05) is 0 Å². The van der Waals surface area contributed by atoms with E-state index in [9.17, 15) is 8.42 Å². The largest absolute Gasteiger partial charge is 0.229 e. The van der Waals surface area contributed by atoms with Gasteiger partial charge in [0.15, 0.2) is 9.84 Å². The summed E-state index contributed by atoms with van der Waals surface area (Å²) >= 11 is 3.59. The molecular weight excluding hydrogens is 312 g/mol. The van der Waals surface area contributed by atoms with E-state index in [0.717, 1.165) is 25.7 Å². The first-order valence-corrected chi connectivity index (χ1v) is 9.03. The van der Waals surface area contributed by atoms with Crippen LogP contribution in [-0.2, 0) is 16.3 Å². The molecule has 1 aromatic rings. The maximum atomic E-state index is 12.0. The molecule has 18 heavy (non-hydrogen) atoms. The molecule has 0 aliphatic carbocycles. The molecule has 2 nitrogen and oxygen atoms in total. The molecule has 0 bridgehead atoms. The van der Waals surface area contributed by atoms with Crippen LogP contribution in [0.4, 0.5) is 0 Å². The van der Waals surface area contributed by atoms with Gasteiger partial charge in [-0.25, -0.2) is 8.42 Å². The normalized spacial score (nSPS) is 24.7. The van der Waals surface area contributed by atoms with Crippen LogP contribution in [0.2, 0.25) is 0 Å². The van der Waals surface area contributed by atoms with Gasteiger partial charge >= 0.3 is 0 Å². The van der Waals surface area contributed by atoms with Gasteiger partial charge in [-0.3, -0.25) is 0 Å². The smallest absolute Gasteiger partial charge is 0.154 e. The molecule has 0 spiro atoms. The molecule has 0 aromatic heterocycles. The van der Waals surface area contributed by atoms with E-state index in [0.29, 0.717) is 5.75 Å². The summed E-state index contributed by atoms with van der Waals surface area (Å²) in [6.45, 7) is 2.06. The number of alkyl halides is 1. The fourth-order valence-corrected chi connectivity index (χ4v) is 6.07. The Labute approximate surface area is 118 Å². The molecule has 0 radical (unpaired) electrons. The first kappa shape index (κ1) is 14.1. The second-order valence-corrected chi connectivity index (χ2v) is 8.62. The van der Waals surface area contributed by atoms with E-state index < -0.39 is 9.84 Å². The van der Waals surface area contributed by atoms with Gasteiger partial charge in [0.05, 0.1) is 11.0 Å². The molecule has 4 heteroatoms. The number of halogens is 1. The standard InChI is InChI=1S/C14H19BrO2S/c1-11-5-7-12(8-6-11)10-13(15)14-4-2-3-9-18(14,16)17/h5-8,13-14H,2-4,9-10H2,1H3. The van der Waals surface area contributed by atoms with Crippen LogP contribution >= 0.6 is 15.9 Å². The van der Waals surface area contributed by atoms with Crippen molar-refractivity contribution in [3.05, 3.63) is 35.4 Å². The maximum absolute atomic E-state index is 12.0. The Hall–Kier alpha value is -0.350. The fourth-order valence-electron chi connectivity index (χ4n) is 2.47. The molecule has 2 unspecified atom stereocenters. The lowest BCUT2D eigenvalue weighted by Gasteiger charge is -2.26.